The molecule has 0 fully saturated rings. The molecule has 14 rings (SSSR count). The Labute approximate surface area is 420 Å². The maximum Gasteiger partial charge on any atom is 0.0726 e. The number of anilines is 3. The number of thiophene rings is 1. The van der Waals surface area contributed by atoms with Gasteiger partial charge in [0.25, 0.3) is 0 Å². The van der Waals surface area contributed by atoms with E-state index >= 15 is 0 Å². The fourth-order valence-corrected chi connectivity index (χ4v) is 13.3. The standard InChI is InChI=1S/C69H51NS/c1-42(2)46-28-33-56-57-34-29-47(43(3)4)40-64(57)69(63(56)39-46)61-16-9-7-15-60(61)68-62(69)17-11-18-65(68)70(55-32-35-59-58-14-8-10-19-66(58)71-67(59)41-55)54-30-26-45(27-31-54)49-22-23-52-38-53(25-24-51(52)37-49)50-21-20-44-12-5-6-13-48(44)36-50/h5-43H,1-4H3. The quantitative estimate of drug-likeness (QED) is 0.154. The van der Waals surface area contributed by atoms with Gasteiger partial charge in [-0.3, -0.25) is 0 Å². The minimum absolute atomic E-state index is 0.403. The van der Waals surface area contributed by atoms with Crippen LogP contribution < -0.4 is 4.90 Å². The van der Waals surface area contributed by atoms with Gasteiger partial charge in [0.2, 0.25) is 0 Å². The Morgan fingerprint density at radius 2 is 0.887 bits per heavy atom. The van der Waals surface area contributed by atoms with Gasteiger partial charge >= 0.3 is 0 Å². The van der Waals surface area contributed by atoms with E-state index in [0.29, 0.717) is 11.8 Å². The number of benzene rings is 11. The van der Waals surface area contributed by atoms with Crippen LogP contribution in [0, 0.1) is 0 Å². The Kier molecular flexibility index (Phi) is 9.44. The average Bonchev–Trinajstić information content (AvgIpc) is 4.04. The van der Waals surface area contributed by atoms with Gasteiger partial charge in [-0.15, -0.1) is 11.3 Å². The molecule has 0 amide bonds. The van der Waals surface area contributed by atoms with Crippen LogP contribution in [0.2, 0.25) is 0 Å². The second kappa shape index (κ2) is 16.0. The van der Waals surface area contributed by atoms with Crippen molar-refractivity contribution in [3.63, 3.8) is 0 Å². The molecule has 0 aliphatic heterocycles. The molecule has 1 heterocycles. The normalized spacial score (nSPS) is 13.2. The van der Waals surface area contributed by atoms with Gasteiger partial charge in [0, 0.05) is 37.1 Å². The molecule has 338 valence electrons. The SMILES string of the molecule is CC(C)c1ccc2c(c1)C1(c3cc(C(C)C)ccc3-2)c2ccccc2-c2c(N(c3ccc(-c4ccc5cc(-c6ccc7ccccc7c6)ccc5c4)cc3)c3ccc4c(c3)sc3ccccc34)cccc21. The summed E-state index contributed by atoms with van der Waals surface area (Å²) in [5.74, 6) is 0.807. The highest BCUT2D eigenvalue weighted by Gasteiger charge is 2.53. The molecular weight excluding hydrogens is 875 g/mol. The summed E-state index contributed by atoms with van der Waals surface area (Å²) < 4.78 is 2.60. The number of hydrogen-bond acceptors (Lipinski definition) is 2. The van der Waals surface area contributed by atoms with Crippen LogP contribution in [0.1, 0.15) is 72.9 Å². The van der Waals surface area contributed by atoms with Crippen LogP contribution >= 0.6 is 11.3 Å². The monoisotopic (exact) mass is 925 g/mol. The zero-order chi connectivity index (χ0) is 47.5. The molecule has 0 unspecified atom stereocenters. The van der Waals surface area contributed by atoms with E-state index in [2.05, 4.69) is 257 Å². The molecule has 1 nitrogen and oxygen atoms in total. The summed E-state index contributed by atoms with van der Waals surface area (Å²) >= 11 is 1.88. The molecule has 0 N–H and O–H groups in total. The Bertz CT molecular complexity index is 4070. The van der Waals surface area contributed by atoms with E-state index in [-0.39, 0.29) is 0 Å². The van der Waals surface area contributed by atoms with Crippen LogP contribution in [0.25, 0.3) is 86.2 Å². The molecule has 1 spiro atoms. The molecule has 12 aromatic rings. The Morgan fingerprint density at radius 3 is 1.58 bits per heavy atom. The third-order valence-corrected chi connectivity index (χ3v) is 16.9. The molecule has 2 aliphatic carbocycles. The summed E-state index contributed by atoms with van der Waals surface area (Å²) in [7, 11) is 0. The number of nitrogens with zero attached hydrogens (tertiary/aromatic N) is 1. The van der Waals surface area contributed by atoms with Gasteiger partial charge in [0.15, 0.2) is 0 Å². The van der Waals surface area contributed by atoms with E-state index in [9.17, 15) is 0 Å². The molecule has 0 saturated carbocycles. The van der Waals surface area contributed by atoms with Crippen LogP contribution in [0.15, 0.2) is 224 Å². The minimum atomic E-state index is -0.473. The van der Waals surface area contributed by atoms with E-state index in [1.807, 2.05) is 11.3 Å². The molecule has 0 radical (unpaired) electrons. The Balaban J connectivity index is 0.938. The maximum atomic E-state index is 2.54. The van der Waals surface area contributed by atoms with E-state index in [4.69, 9.17) is 0 Å². The van der Waals surface area contributed by atoms with Crippen LogP contribution in [-0.4, -0.2) is 0 Å². The number of fused-ring (bicyclic) bond motifs is 15. The topological polar surface area (TPSA) is 3.24 Å². The second-order valence-electron chi connectivity index (χ2n) is 20.4. The van der Waals surface area contributed by atoms with Crippen molar-refractivity contribution in [2.24, 2.45) is 0 Å². The second-order valence-corrected chi connectivity index (χ2v) is 21.5. The van der Waals surface area contributed by atoms with Gasteiger partial charge in [-0.05, 0) is 160 Å². The lowest BCUT2D eigenvalue weighted by Gasteiger charge is -2.32. The van der Waals surface area contributed by atoms with Crippen molar-refractivity contribution in [3.05, 3.63) is 258 Å². The molecule has 0 atom stereocenters. The summed E-state index contributed by atoms with van der Waals surface area (Å²) in [4.78, 5) is 2.53. The van der Waals surface area contributed by atoms with Crippen LogP contribution in [0.5, 0.6) is 0 Å². The smallest absolute Gasteiger partial charge is 0.0726 e. The van der Waals surface area contributed by atoms with Gasteiger partial charge in [-0.25, -0.2) is 0 Å². The zero-order valence-corrected chi connectivity index (χ0v) is 41.2. The molecule has 2 heteroatoms. The highest BCUT2D eigenvalue weighted by molar-refractivity contribution is 7.25. The lowest BCUT2D eigenvalue weighted by atomic mass is 9.69. The first-order chi connectivity index (χ1) is 34.8. The maximum absolute atomic E-state index is 2.54. The molecular formula is C69H51NS. The van der Waals surface area contributed by atoms with Crippen LogP contribution in [0.3, 0.4) is 0 Å². The van der Waals surface area contributed by atoms with Crippen LogP contribution in [0.4, 0.5) is 17.1 Å². The van der Waals surface area contributed by atoms with Gasteiger partial charge in [0.1, 0.15) is 0 Å². The average molecular weight is 926 g/mol. The summed E-state index contributed by atoms with van der Waals surface area (Å²) in [5, 5.41) is 7.61. The van der Waals surface area contributed by atoms with Crippen molar-refractivity contribution in [3.8, 4) is 44.5 Å². The molecule has 0 saturated heterocycles. The van der Waals surface area contributed by atoms with E-state index in [0.717, 1.165) is 11.4 Å². The van der Waals surface area contributed by atoms with Crippen molar-refractivity contribution in [2.75, 3.05) is 4.90 Å². The summed E-state index contributed by atoms with van der Waals surface area (Å²) in [6.45, 7) is 9.28. The highest BCUT2D eigenvalue weighted by atomic mass is 32.1. The molecule has 1 aromatic heterocycles. The summed E-state index contributed by atoms with van der Waals surface area (Å²) in [6.07, 6.45) is 0. The first-order valence-electron chi connectivity index (χ1n) is 25.2. The zero-order valence-electron chi connectivity index (χ0n) is 40.4. The third kappa shape index (κ3) is 6.37. The van der Waals surface area contributed by atoms with Gasteiger partial charge < -0.3 is 4.90 Å². The molecule has 2 aliphatic rings. The first-order valence-corrected chi connectivity index (χ1v) is 26.0. The Hall–Kier alpha value is -8.04. The summed E-state index contributed by atoms with van der Waals surface area (Å²) in [6, 6.07) is 85.3. The summed E-state index contributed by atoms with van der Waals surface area (Å²) in [5.41, 5.74) is 21.4. The van der Waals surface area contributed by atoms with Crippen molar-refractivity contribution in [2.45, 2.75) is 44.9 Å². The van der Waals surface area contributed by atoms with Gasteiger partial charge in [0.05, 0.1) is 11.1 Å². The Morgan fingerprint density at radius 1 is 0.352 bits per heavy atom. The van der Waals surface area contributed by atoms with E-state index in [1.165, 1.54) is 125 Å². The molecule has 11 aromatic carbocycles. The lowest BCUT2D eigenvalue weighted by Crippen LogP contribution is -2.26. The van der Waals surface area contributed by atoms with Crippen LogP contribution in [-0.2, 0) is 5.41 Å². The van der Waals surface area contributed by atoms with Gasteiger partial charge in [-0.1, -0.05) is 198 Å². The van der Waals surface area contributed by atoms with E-state index < -0.39 is 5.41 Å². The predicted octanol–water partition coefficient (Wildman–Crippen LogP) is 19.8. The third-order valence-electron chi connectivity index (χ3n) is 15.8. The van der Waals surface area contributed by atoms with Gasteiger partial charge in [-0.2, -0.15) is 0 Å². The van der Waals surface area contributed by atoms with Crippen molar-refractivity contribution < 1.29 is 0 Å². The predicted molar refractivity (Wildman–Crippen MR) is 304 cm³/mol. The fraction of sp³-hybridized carbons (Fsp3) is 0.101. The van der Waals surface area contributed by atoms with Crippen molar-refractivity contribution in [1.82, 2.24) is 0 Å². The molecule has 0 bridgehead atoms. The van der Waals surface area contributed by atoms with E-state index in [1.54, 1.807) is 0 Å². The fourth-order valence-electron chi connectivity index (χ4n) is 12.2. The first kappa shape index (κ1) is 41.9. The largest absolute Gasteiger partial charge is 0.310 e. The minimum Gasteiger partial charge on any atom is -0.310 e. The highest BCUT2D eigenvalue weighted by Crippen LogP contribution is 2.65. The lowest BCUT2D eigenvalue weighted by molar-refractivity contribution is 0.777. The number of hydrogen-bond donors (Lipinski definition) is 0. The van der Waals surface area contributed by atoms with Crippen molar-refractivity contribution in [1.29, 1.82) is 0 Å². The number of rotatable bonds is 7. The van der Waals surface area contributed by atoms with Crippen molar-refractivity contribution >= 4 is 70.1 Å². The molecule has 71 heavy (non-hydrogen) atoms.